The molecular formula is C18H28N2. The third-order valence-electron chi connectivity index (χ3n) is 3.03. The molecule has 1 aliphatic carbocycles. The van der Waals surface area contributed by atoms with E-state index in [9.17, 15) is 0 Å². The van der Waals surface area contributed by atoms with Gasteiger partial charge in [-0.3, -0.25) is 0 Å². The lowest BCUT2D eigenvalue weighted by atomic mass is 9.89. The predicted molar refractivity (Wildman–Crippen MR) is 88.9 cm³/mol. The molecule has 0 aromatic rings. The highest BCUT2D eigenvalue weighted by molar-refractivity contribution is 5.93. The molecule has 110 valence electrons. The Kier molecular flexibility index (Phi) is 6.00. The quantitative estimate of drug-likeness (QED) is 0.647. The maximum atomic E-state index is 8.01. The monoisotopic (exact) mass is 272 g/mol. The van der Waals surface area contributed by atoms with Crippen LogP contribution in [0.25, 0.3) is 0 Å². The van der Waals surface area contributed by atoms with Gasteiger partial charge in [0.05, 0.1) is 0 Å². The molecule has 0 bridgehead atoms. The molecule has 1 rings (SSSR count). The topological polar surface area (TPSA) is 35.9 Å². The molecule has 0 atom stereocenters. The highest BCUT2D eigenvalue weighted by Crippen LogP contribution is 2.20. The summed E-state index contributed by atoms with van der Waals surface area (Å²) >= 11 is 0. The van der Waals surface area contributed by atoms with E-state index in [-0.39, 0.29) is 5.41 Å². The van der Waals surface area contributed by atoms with Crippen LogP contribution in [-0.2, 0) is 0 Å². The van der Waals surface area contributed by atoms with Crippen LogP contribution in [0.2, 0.25) is 0 Å². The standard InChI is InChI=1S/C18H28N2/c1-14(11-16-9-7-6-8-10-16)20-15(2)12-17(19)13-18(3,4)5/h6-7,9,12,19-20H,1,8,10-11,13H2,2-5H3/b15-12+,19-17?. The molecule has 0 aromatic heterocycles. The molecule has 0 aliphatic heterocycles. The lowest BCUT2D eigenvalue weighted by Gasteiger charge is -2.18. The zero-order valence-electron chi connectivity index (χ0n) is 13.3. The number of allylic oxidation sites excluding steroid dienone is 6. The van der Waals surface area contributed by atoms with E-state index in [1.807, 2.05) is 13.0 Å². The fourth-order valence-corrected chi connectivity index (χ4v) is 2.32. The van der Waals surface area contributed by atoms with Crippen LogP contribution in [0.5, 0.6) is 0 Å². The van der Waals surface area contributed by atoms with Gasteiger partial charge in [-0.15, -0.1) is 0 Å². The Morgan fingerprint density at radius 3 is 2.70 bits per heavy atom. The molecule has 0 aromatic carbocycles. The van der Waals surface area contributed by atoms with E-state index >= 15 is 0 Å². The second-order valence-corrected chi connectivity index (χ2v) is 6.79. The summed E-state index contributed by atoms with van der Waals surface area (Å²) in [4.78, 5) is 0. The van der Waals surface area contributed by atoms with Gasteiger partial charge < -0.3 is 10.7 Å². The lowest BCUT2D eigenvalue weighted by Crippen LogP contribution is -2.15. The summed E-state index contributed by atoms with van der Waals surface area (Å²) in [6.07, 6.45) is 12.3. The van der Waals surface area contributed by atoms with Gasteiger partial charge in [-0.25, -0.2) is 0 Å². The minimum Gasteiger partial charge on any atom is -0.363 e. The zero-order chi connectivity index (χ0) is 15.2. The average Bonchev–Trinajstić information content (AvgIpc) is 2.26. The normalized spacial score (nSPS) is 15.8. The first-order valence-corrected chi connectivity index (χ1v) is 7.31. The summed E-state index contributed by atoms with van der Waals surface area (Å²) in [5.74, 6) is 0. The van der Waals surface area contributed by atoms with Crippen molar-refractivity contribution in [2.45, 2.75) is 53.4 Å². The molecule has 20 heavy (non-hydrogen) atoms. The van der Waals surface area contributed by atoms with Crippen LogP contribution in [0, 0.1) is 10.8 Å². The minimum atomic E-state index is 0.157. The average molecular weight is 272 g/mol. The number of rotatable bonds is 6. The van der Waals surface area contributed by atoms with Crippen LogP contribution >= 0.6 is 0 Å². The van der Waals surface area contributed by atoms with Crippen LogP contribution in [0.3, 0.4) is 0 Å². The van der Waals surface area contributed by atoms with Crippen molar-refractivity contribution in [1.82, 2.24) is 5.32 Å². The van der Waals surface area contributed by atoms with Gasteiger partial charge in [0.1, 0.15) is 0 Å². The molecule has 1 aliphatic rings. The Balaban J connectivity index is 2.46. The van der Waals surface area contributed by atoms with E-state index in [0.29, 0.717) is 5.71 Å². The van der Waals surface area contributed by atoms with Crippen molar-refractivity contribution < 1.29 is 0 Å². The van der Waals surface area contributed by atoms with Gasteiger partial charge in [0.15, 0.2) is 0 Å². The van der Waals surface area contributed by atoms with E-state index in [4.69, 9.17) is 5.41 Å². The fourth-order valence-electron chi connectivity index (χ4n) is 2.32. The molecular weight excluding hydrogens is 244 g/mol. The van der Waals surface area contributed by atoms with Gasteiger partial charge in [-0.2, -0.15) is 0 Å². The van der Waals surface area contributed by atoms with Crippen LogP contribution in [-0.4, -0.2) is 5.71 Å². The Hall–Kier alpha value is -1.57. The van der Waals surface area contributed by atoms with Crippen molar-refractivity contribution in [1.29, 1.82) is 5.41 Å². The van der Waals surface area contributed by atoms with Crippen LogP contribution in [0.15, 0.2) is 47.9 Å². The lowest BCUT2D eigenvalue weighted by molar-refractivity contribution is 0.434. The van der Waals surface area contributed by atoms with E-state index in [0.717, 1.165) is 37.1 Å². The summed E-state index contributed by atoms with van der Waals surface area (Å²) < 4.78 is 0. The van der Waals surface area contributed by atoms with Crippen molar-refractivity contribution in [2.75, 3.05) is 0 Å². The van der Waals surface area contributed by atoms with Crippen molar-refractivity contribution in [3.8, 4) is 0 Å². The van der Waals surface area contributed by atoms with E-state index in [1.165, 1.54) is 5.57 Å². The summed E-state index contributed by atoms with van der Waals surface area (Å²) in [5, 5.41) is 11.3. The van der Waals surface area contributed by atoms with Gasteiger partial charge in [0.2, 0.25) is 0 Å². The smallest absolute Gasteiger partial charge is 0.0336 e. The third-order valence-corrected chi connectivity index (χ3v) is 3.03. The summed E-state index contributed by atoms with van der Waals surface area (Å²) in [6.45, 7) is 12.5. The van der Waals surface area contributed by atoms with Gasteiger partial charge in [0.25, 0.3) is 0 Å². The van der Waals surface area contributed by atoms with Crippen molar-refractivity contribution >= 4 is 5.71 Å². The van der Waals surface area contributed by atoms with Gasteiger partial charge in [-0.05, 0) is 37.7 Å². The first-order chi connectivity index (χ1) is 9.26. The highest BCUT2D eigenvalue weighted by Gasteiger charge is 2.12. The maximum absolute atomic E-state index is 8.01. The molecule has 0 radical (unpaired) electrons. The third kappa shape index (κ3) is 7.13. The Labute approximate surface area is 123 Å². The largest absolute Gasteiger partial charge is 0.363 e. The molecule has 0 heterocycles. The predicted octanol–water partition coefficient (Wildman–Crippen LogP) is 5.12. The molecule has 2 heteroatoms. The Bertz CT molecular complexity index is 456. The van der Waals surface area contributed by atoms with Crippen molar-refractivity contribution in [3.63, 3.8) is 0 Å². The molecule has 0 fully saturated rings. The molecule has 0 amide bonds. The number of nitrogens with one attached hydrogen (secondary N) is 2. The molecule has 0 unspecified atom stereocenters. The van der Waals surface area contributed by atoms with Crippen LogP contribution in [0.4, 0.5) is 0 Å². The molecule has 2 N–H and O–H groups in total. The summed E-state index contributed by atoms with van der Waals surface area (Å²) in [6, 6.07) is 0. The fraction of sp³-hybridized carbons (Fsp3) is 0.500. The Morgan fingerprint density at radius 2 is 2.15 bits per heavy atom. The first kappa shape index (κ1) is 16.5. The van der Waals surface area contributed by atoms with Gasteiger partial charge in [0, 0.05) is 23.5 Å². The van der Waals surface area contributed by atoms with Crippen LogP contribution in [0.1, 0.15) is 53.4 Å². The van der Waals surface area contributed by atoms with E-state index in [1.54, 1.807) is 0 Å². The maximum Gasteiger partial charge on any atom is 0.0336 e. The van der Waals surface area contributed by atoms with Crippen LogP contribution < -0.4 is 5.32 Å². The number of hydrogen-bond donors (Lipinski definition) is 2. The van der Waals surface area contributed by atoms with E-state index < -0.39 is 0 Å². The summed E-state index contributed by atoms with van der Waals surface area (Å²) in [7, 11) is 0. The second-order valence-electron chi connectivity index (χ2n) is 6.79. The first-order valence-electron chi connectivity index (χ1n) is 7.31. The van der Waals surface area contributed by atoms with Crippen molar-refractivity contribution in [2.24, 2.45) is 5.41 Å². The molecule has 2 nitrogen and oxygen atoms in total. The summed E-state index contributed by atoms with van der Waals surface area (Å²) in [5.41, 5.74) is 4.24. The van der Waals surface area contributed by atoms with E-state index in [2.05, 4.69) is 50.9 Å². The van der Waals surface area contributed by atoms with Gasteiger partial charge in [-0.1, -0.05) is 51.2 Å². The number of hydrogen-bond acceptors (Lipinski definition) is 2. The minimum absolute atomic E-state index is 0.157. The molecule has 0 saturated carbocycles. The molecule has 0 spiro atoms. The highest BCUT2D eigenvalue weighted by atomic mass is 14.9. The Morgan fingerprint density at radius 1 is 1.45 bits per heavy atom. The zero-order valence-corrected chi connectivity index (χ0v) is 13.3. The molecule has 0 saturated heterocycles. The SMILES string of the molecule is C=C(CC1=CC=CCC1)N/C(C)=C/C(=N)CC(C)(C)C. The van der Waals surface area contributed by atoms with Gasteiger partial charge >= 0.3 is 0 Å². The van der Waals surface area contributed by atoms with Crippen molar-refractivity contribution in [3.05, 3.63) is 47.9 Å². The second kappa shape index (κ2) is 7.28.